The van der Waals surface area contributed by atoms with Crippen LogP contribution in [0.2, 0.25) is 0 Å². The summed E-state index contributed by atoms with van der Waals surface area (Å²) in [7, 11) is 0. The Morgan fingerprint density at radius 1 is 1.20 bits per heavy atom. The first-order valence-corrected chi connectivity index (χ1v) is 4.31. The van der Waals surface area contributed by atoms with E-state index < -0.39 is 0 Å². The number of hydrogen-bond acceptors (Lipinski definition) is 0. The molecule has 0 saturated heterocycles. The number of allylic oxidation sites excluding steroid dienone is 2. The molecule has 0 spiro atoms. The zero-order valence-electron chi connectivity index (χ0n) is 7.54. The van der Waals surface area contributed by atoms with E-state index in [-0.39, 0.29) is 0 Å². The van der Waals surface area contributed by atoms with Crippen LogP contribution in [-0.4, -0.2) is 0 Å². The normalized spacial score (nSPS) is 12.1. The van der Waals surface area contributed by atoms with Crippen molar-refractivity contribution >= 4 is 0 Å². The molecule has 0 aromatic heterocycles. The highest BCUT2D eigenvalue weighted by Crippen LogP contribution is 2.08. The van der Waals surface area contributed by atoms with Crippen molar-refractivity contribution in [3.63, 3.8) is 0 Å². The molecule has 0 aromatic rings. The van der Waals surface area contributed by atoms with Gasteiger partial charge in [-0.05, 0) is 32.8 Å². The molecule has 10 heavy (non-hydrogen) atoms. The van der Waals surface area contributed by atoms with E-state index in [1.54, 1.807) is 0 Å². The van der Waals surface area contributed by atoms with E-state index >= 15 is 0 Å². The van der Waals surface area contributed by atoms with Gasteiger partial charge in [-0.25, -0.2) is 0 Å². The largest absolute Gasteiger partial charge is 0.0701 e. The highest BCUT2D eigenvalue weighted by atomic mass is 13.9. The third kappa shape index (κ3) is 5.87. The van der Waals surface area contributed by atoms with E-state index in [9.17, 15) is 0 Å². The van der Waals surface area contributed by atoms with E-state index in [1.807, 2.05) is 6.92 Å². The summed E-state index contributed by atoms with van der Waals surface area (Å²) >= 11 is 0. The first-order valence-electron chi connectivity index (χ1n) is 4.31. The minimum Gasteiger partial charge on any atom is -0.0701 e. The first kappa shape index (κ1) is 9.74. The number of hydrogen-bond donors (Lipinski definition) is 0. The Bertz CT molecular complexity index is 90.2. The summed E-state index contributed by atoms with van der Waals surface area (Å²) in [6, 6.07) is 0. The third-order valence-electron chi connectivity index (χ3n) is 1.83. The van der Waals surface area contributed by atoms with Gasteiger partial charge in [0.2, 0.25) is 0 Å². The molecule has 0 atom stereocenters. The van der Waals surface area contributed by atoms with Gasteiger partial charge in [0.15, 0.2) is 0 Å². The van der Waals surface area contributed by atoms with Gasteiger partial charge in [-0.2, -0.15) is 0 Å². The molecule has 0 bridgehead atoms. The van der Waals surface area contributed by atoms with E-state index in [0.717, 1.165) is 0 Å². The van der Waals surface area contributed by atoms with Gasteiger partial charge in [0, 0.05) is 0 Å². The molecule has 0 aliphatic rings. The van der Waals surface area contributed by atoms with Gasteiger partial charge in [-0.3, -0.25) is 0 Å². The van der Waals surface area contributed by atoms with Crippen molar-refractivity contribution in [1.29, 1.82) is 0 Å². The van der Waals surface area contributed by atoms with Crippen molar-refractivity contribution in [1.82, 2.24) is 0 Å². The quantitative estimate of drug-likeness (QED) is 0.509. The van der Waals surface area contributed by atoms with Gasteiger partial charge in [0.1, 0.15) is 0 Å². The predicted molar refractivity (Wildman–Crippen MR) is 46.9 cm³/mol. The van der Waals surface area contributed by atoms with Crippen LogP contribution in [0.25, 0.3) is 0 Å². The lowest BCUT2D eigenvalue weighted by Gasteiger charge is -1.98. The molecule has 0 aliphatic carbocycles. The molecule has 0 nitrogen and oxygen atoms in total. The van der Waals surface area contributed by atoms with E-state index in [2.05, 4.69) is 19.9 Å². The van der Waals surface area contributed by atoms with Gasteiger partial charge in [-0.1, -0.05) is 31.8 Å². The average molecular weight is 139 g/mol. The molecule has 0 aliphatic heterocycles. The molecule has 0 unspecified atom stereocenters. The Kier molecular flexibility index (Phi) is 6.68. The van der Waals surface area contributed by atoms with Gasteiger partial charge < -0.3 is 0 Å². The van der Waals surface area contributed by atoms with Crippen LogP contribution in [0.4, 0.5) is 0 Å². The summed E-state index contributed by atoms with van der Waals surface area (Å²) in [4.78, 5) is 0. The van der Waals surface area contributed by atoms with Crippen molar-refractivity contribution in [3.05, 3.63) is 11.6 Å². The predicted octanol–water partition coefficient (Wildman–Crippen LogP) is 3.73. The minimum absolute atomic E-state index is 1.25. The topological polar surface area (TPSA) is 0 Å². The summed E-state index contributed by atoms with van der Waals surface area (Å²) in [6.45, 7) is 6.40. The van der Waals surface area contributed by atoms with Gasteiger partial charge >= 0.3 is 0 Å². The monoisotopic (exact) mass is 139 g/mol. The van der Waals surface area contributed by atoms with E-state index in [1.165, 1.54) is 37.7 Å². The molecule has 0 aromatic carbocycles. The molecule has 0 N–H and O–H groups in total. The van der Waals surface area contributed by atoms with Crippen LogP contribution < -0.4 is 0 Å². The Morgan fingerprint density at radius 2 is 1.90 bits per heavy atom. The van der Waals surface area contributed by atoms with Crippen LogP contribution in [0.15, 0.2) is 5.57 Å². The lowest BCUT2D eigenvalue weighted by Crippen LogP contribution is -1.78. The van der Waals surface area contributed by atoms with E-state index in [4.69, 9.17) is 0 Å². The molecule has 0 heterocycles. The Balaban J connectivity index is 3.04. The second-order valence-corrected chi connectivity index (χ2v) is 2.84. The number of rotatable bonds is 5. The van der Waals surface area contributed by atoms with Crippen molar-refractivity contribution in [2.75, 3.05) is 0 Å². The minimum atomic E-state index is 1.25. The van der Waals surface area contributed by atoms with Crippen molar-refractivity contribution in [3.8, 4) is 0 Å². The maximum Gasteiger partial charge on any atom is -0.0317 e. The van der Waals surface area contributed by atoms with Gasteiger partial charge in [0.25, 0.3) is 0 Å². The molecule has 1 radical (unpaired) electrons. The summed E-state index contributed by atoms with van der Waals surface area (Å²) in [5, 5.41) is 0. The Labute approximate surface area is 65.3 Å². The van der Waals surface area contributed by atoms with Crippen molar-refractivity contribution < 1.29 is 0 Å². The second-order valence-electron chi connectivity index (χ2n) is 2.84. The molecular formula is C10H19. The molecular weight excluding hydrogens is 120 g/mol. The van der Waals surface area contributed by atoms with Crippen LogP contribution in [0.3, 0.4) is 0 Å². The maximum absolute atomic E-state index is 3.16. The second kappa shape index (κ2) is 6.85. The third-order valence-corrected chi connectivity index (χ3v) is 1.83. The zero-order chi connectivity index (χ0) is 7.82. The summed E-state index contributed by atoms with van der Waals surface area (Å²) in [6.07, 6.45) is 9.86. The summed E-state index contributed by atoms with van der Waals surface area (Å²) in [5.74, 6) is 0. The van der Waals surface area contributed by atoms with Gasteiger partial charge in [-0.15, -0.1) is 0 Å². The Hall–Kier alpha value is -0.260. The maximum atomic E-state index is 3.16. The smallest absolute Gasteiger partial charge is 0.0317 e. The van der Waals surface area contributed by atoms with Crippen LogP contribution in [0.1, 0.15) is 52.9 Å². The molecule has 0 fully saturated rings. The fraction of sp³-hybridized carbons (Fsp3) is 0.800. The Morgan fingerprint density at radius 3 is 2.40 bits per heavy atom. The zero-order valence-corrected chi connectivity index (χ0v) is 7.54. The standard InChI is InChI=1S/C10H19/c1-4-6-7-8-9-10(3)5-2/h4,6-9H2,1-3H3. The van der Waals surface area contributed by atoms with Crippen molar-refractivity contribution in [2.24, 2.45) is 0 Å². The summed E-state index contributed by atoms with van der Waals surface area (Å²) in [5.41, 5.74) is 1.41. The SMILES string of the molecule is C/[C]=C(/C)CCCCCC. The molecule has 0 rings (SSSR count). The highest BCUT2D eigenvalue weighted by molar-refractivity contribution is 4.89. The molecule has 0 heteroatoms. The fourth-order valence-electron chi connectivity index (χ4n) is 0.942. The summed E-state index contributed by atoms with van der Waals surface area (Å²) < 4.78 is 0. The highest BCUT2D eigenvalue weighted by Gasteiger charge is 1.88. The molecule has 0 saturated carbocycles. The fourth-order valence-corrected chi connectivity index (χ4v) is 0.942. The van der Waals surface area contributed by atoms with Crippen LogP contribution in [-0.2, 0) is 0 Å². The van der Waals surface area contributed by atoms with Crippen LogP contribution >= 0.6 is 0 Å². The van der Waals surface area contributed by atoms with Crippen LogP contribution in [0.5, 0.6) is 0 Å². The van der Waals surface area contributed by atoms with Crippen molar-refractivity contribution in [2.45, 2.75) is 52.9 Å². The number of unbranched alkanes of at least 4 members (excludes halogenated alkanes) is 3. The van der Waals surface area contributed by atoms with Gasteiger partial charge in [0.05, 0.1) is 0 Å². The van der Waals surface area contributed by atoms with E-state index in [0.29, 0.717) is 0 Å². The molecule has 0 amide bonds. The first-order chi connectivity index (χ1) is 4.81. The average Bonchev–Trinajstić information content (AvgIpc) is 1.98. The molecule has 59 valence electrons. The lowest BCUT2D eigenvalue weighted by molar-refractivity contribution is 0.663. The van der Waals surface area contributed by atoms with Crippen LogP contribution in [0, 0.1) is 6.08 Å². The lowest BCUT2D eigenvalue weighted by atomic mass is 10.1.